The molecule has 0 bridgehead atoms. The molecule has 0 spiro atoms. The van der Waals surface area contributed by atoms with Crippen LogP contribution in [0.5, 0.6) is 0 Å². The van der Waals surface area contributed by atoms with E-state index in [0.717, 1.165) is 31.3 Å². The lowest BCUT2D eigenvalue weighted by Gasteiger charge is -2.04. The van der Waals surface area contributed by atoms with Crippen LogP contribution in [0.1, 0.15) is 39.5 Å². The minimum Gasteiger partial charge on any atom is -0.219 e. The van der Waals surface area contributed by atoms with Crippen LogP contribution in [0.4, 0.5) is 0 Å². The molecule has 0 saturated heterocycles. The lowest BCUT2D eigenvalue weighted by molar-refractivity contribution is 0.604. The largest absolute Gasteiger partial charge is 0.219 e. The first-order valence-electron chi connectivity index (χ1n) is 6.09. The second-order valence-electron chi connectivity index (χ2n) is 4.09. The maximum atomic E-state index is 12.1. The zero-order chi connectivity index (χ0) is 12.7. The second-order valence-corrected chi connectivity index (χ2v) is 5.89. The van der Waals surface area contributed by atoms with E-state index in [2.05, 4.69) is 6.92 Å². The highest BCUT2D eigenvalue weighted by atomic mass is 32.2. The lowest BCUT2D eigenvalue weighted by Crippen LogP contribution is -1.98. The molecule has 0 unspecified atom stereocenters. The maximum absolute atomic E-state index is 12.1. The summed E-state index contributed by atoms with van der Waals surface area (Å²) < 4.78 is 24.2. The van der Waals surface area contributed by atoms with Crippen LogP contribution in [0.3, 0.4) is 0 Å². The second kappa shape index (κ2) is 6.60. The number of rotatable bonds is 6. The molecular weight excluding hydrogens is 232 g/mol. The lowest BCUT2D eigenvalue weighted by atomic mass is 10.1. The first kappa shape index (κ1) is 14.0. The van der Waals surface area contributed by atoms with Gasteiger partial charge in [-0.3, -0.25) is 0 Å². The van der Waals surface area contributed by atoms with Crippen LogP contribution in [0.25, 0.3) is 0 Å². The van der Waals surface area contributed by atoms with Gasteiger partial charge in [-0.1, -0.05) is 44.0 Å². The van der Waals surface area contributed by atoms with Crippen molar-refractivity contribution in [1.29, 1.82) is 0 Å². The molecule has 2 nitrogen and oxygen atoms in total. The Morgan fingerprint density at radius 1 is 1.18 bits per heavy atom. The zero-order valence-electron chi connectivity index (χ0n) is 10.5. The summed E-state index contributed by atoms with van der Waals surface area (Å²) in [6.07, 6.45) is 3.80. The van der Waals surface area contributed by atoms with Crippen LogP contribution in [0, 0.1) is 0 Å². The SMILES string of the molecule is CCCC/C(=C\S(=O)(=O)c1ccccc1)CC. The molecule has 0 amide bonds. The molecule has 94 valence electrons. The molecule has 1 aromatic carbocycles. The Morgan fingerprint density at radius 2 is 1.82 bits per heavy atom. The molecule has 0 N–H and O–H groups in total. The van der Waals surface area contributed by atoms with Gasteiger partial charge in [0.05, 0.1) is 4.90 Å². The summed E-state index contributed by atoms with van der Waals surface area (Å²) in [5.41, 5.74) is 1.01. The highest BCUT2D eigenvalue weighted by Gasteiger charge is 2.11. The standard InChI is InChI=1S/C14H20O2S/c1-3-5-9-13(4-2)12-17(15,16)14-10-7-6-8-11-14/h6-8,10-12H,3-5,9H2,1-2H3/b13-12-. The van der Waals surface area contributed by atoms with Crippen LogP contribution in [-0.4, -0.2) is 8.42 Å². The van der Waals surface area contributed by atoms with E-state index < -0.39 is 9.84 Å². The summed E-state index contributed by atoms with van der Waals surface area (Å²) in [6, 6.07) is 8.59. The third kappa shape index (κ3) is 4.35. The van der Waals surface area contributed by atoms with Gasteiger partial charge in [0.1, 0.15) is 0 Å². The van der Waals surface area contributed by atoms with Crippen molar-refractivity contribution >= 4 is 9.84 Å². The summed E-state index contributed by atoms with van der Waals surface area (Å²) in [5.74, 6) is 0. The van der Waals surface area contributed by atoms with Crippen molar-refractivity contribution in [2.45, 2.75) is 44.4 Å². The quantitative estimate of drug-likeness (QED) is 0.768. The van der Waals surface area contributed by atoms with E-state index in [1.54, 1.807) is 24.3 Å². The molecule has 17 heavy (non-hydrogen) atoms. The summed E-state index contributed by atoms with van der Waals surface area (Å²) in [5, 5.41) is 1.44. The molecule has 0 aromatic heterocycles. The Bertz CT molecular complexity index is 458. The van der Waals surface area contributed by atoms with Crippen LogP contribution in [0.15, 0.2) is 46.2 Å². The predicted octanol–water partition coefficient (Wildman–Crippen LogP) is 3.94. The molecule has 1 rings (SSSR count). The first-order chi connectivity index (χ1) is 8.10. The number of benzene rings is 1. The fourth-order valence-electron chi connectivity index (χ4n) is 1.62. The Labute approximate surface area is 104 Å². The third-order valence-electron chi connectivity index (χ3n) is 2.70. The monoisotopic (exact) mass is 252 g/mol. The molecule has 0 atom stereocenters. The normalized spacial score (nSPS) is 12.7. The van der Waals surface area contributed by atoms with E-state index in [4.69, 9.17) is 0 Å². The summed E-state index contributed by atoms with van der Waals surface area (Å²) in [6.45, 7) is 4.11. The summed E-state index contributed by atoms with van der Waals surface area (Å²) in [7, 11) is -3.26. The van der Waals surface area contributed by atoms with E-state index in [0.29, 0.717) is 4.90 Å². The first-order valence-corrected chi connectivity index (χ1v) is 7.64. The van der Waals surface area contributed by atoms with Gasteiger partial charge in [-0.25, -0.2) is 8.42 Å². The number of allylic oxidation sites excluding steroid dienone is 1. The Hall–Kier alpha value is -1.09. The van der Waals surface area contributed by atoms with Crippen molar-refractivity contribution < 1.29 is 8.42 Å². The average molecular weight is 252 g/mol. The average Bonchev–Trinajstić information content (AvgIpc) is 2.35. The van der Waals surface area contributed by atoms with Crippen molar-refractivity contribution in [1.82, 2.24) is 0 Å². The molecule has 0 saturated carbocycles. The van der Waals surface area contributed by atoms with Gasteiger partial charge in [0.2, 0.25) is 0 Å². The molecular formula is C14H20O2S. The minimum absolute atomic E-state index is 0.377. The van der Waals surface area contributed by atoms with Gasteiger partial charge in [-0.2, -0.15) is 0 Å². The fourth-order valence-corrected chi connectivity index (χ4v) is 3.02. The fraction of sp³-hybridized carbons (Fsp3) is 0.429. The molecule has 0 heterocycles. The molecule has 3 heteroatoms. The Morgan fingerprint density at radius 3 is 2.35 bits per heavy atom. The van der Waals surface area contributed by atoms with E-state index in [1.165, 1.54) is 5.41 Å². The van der Waals surface area contributed by atoms with Crippen molar-refractivity contribution in [2.24, 2.45) is 0 Å². The van der Waals surface area contributed by atoms with Crippen LogP contribution >= 0.6 is 0 Å². The number of unbranched alkanes of at least 4 members (excludes halogenated alkanes) is 1. The molecule has 0 aliphatic carbocycles. The molecule has 1 aromatic rings. The van der Waals surface area contributed by atoms with E-state index in [9.17, 15) is 8.42 Å². The molecule has 0 aliphatic heterocycles. The van der Waals surface area contributed by atoms with Gasteiger partial charge in [-0.15, -0.1) is 0 Å². The van der Waals surface area contributed by atoms with E-state index in [1.807, 2.05) is 13.0 Å². The Kier molecular flexibility index (Phi) is 5.42. The van der Waals surface area contributed by atoms with Gasteiger partial charge in [0.15, 0.2) is 9.84 Å². The van der Waals surface area contributed by atoms with Gasteiger partial charge < -0.3 is 0 Å². The molecule has 0 fully saturated rings. The predicted molar refractivity (Wildman–Crippen MR) is 71.5 cm³/mol. The van der Waals surface area contributed by atoms with Crippen LogP contribution in [0.2, 0.25) is 0 Å². The minimum atomic E-state index is -3.26. The molecule has 0 aliphatic rings. The van der Waals surface area contributed by atoms with Crippen LogP contribution in [-0.2, 0) is 9.84 Å². The van der Waals surface area contributed by atoms with E-state index >= 15 is 0 Å². The zero-order valence-corrected chi connectivity index (χ0v) is 11.3. The highest BCUT2D eigenvalue weighted by molar-refractivity contribution is 7.94. The highest BCUT2D eigenvalue weighted by Crippen LogP contribution is 2.18. The smallest absolute Gasteiger partial charge is 0.199 e. The number of hydrogen-bond donors (Lipinski definition) is 0. The van der Waals surface area contributed by atoms with Gasteiger partial charge in [-0.05, 0) is 31.4 Å². The third-order valence-corrected chi connectivity index (χ3v) is 4.27. The molecule has 0 radical (unpaired) electrons. The maximum Gasteiger partial charge on any atom is 0.199 e. The summed E-state index contributed by atoms with van der Waals surface area (Å²) >= 11 is 0. The summed E-state index contributed by atoms with van der Waals surface area (Å²) in [4.78, 5) is 0.377. The number of hydrogen-bond acceptors (Lipinski definition) is 2. The van der Waals surface area contributed by atoms with Gasteiger partial charge in [0.25, 0.3) is 0 Å². The topological polar surface area (TPSA) is 34.1 Å². The number of sulfone groups is 1. The van der Waals surface area contributed by atoms with Gasteiger partial charge in [0, 0.05) is 5.41 Å². The van der Waals surface area contributed by atoms with Crippen molar-refractivity contribution in [3.05, 3.63) is 41.3 Å². The Balaban J connectivity index is 2.94. The van der Waals surface area contributed by atoms with Crippen LogP contribution < -0.4 is 0 Å². The van der Waals surface area contributed by atoms with Gasteiger partial charge >= 0.3 is 0 Å². The van der Waals surface area contributed by atoms with Crippen molar-refractivity contribution in [3.8, 4) is 0 Å². The van der Waals surface area contributed by atoms with E-state index in [-0.39, 0.29) is 0 Å². The van der Waals surface area contributed by atoms with Crippen molar-refractivity contribution in [2.75, 3.05) is 0 Å². The van der Waals surface area contributed by atoms with Crippen molar-refractivity contribution in [3.63, 3.8) is 0 Å².